The Morgan fingerprint density at radius 2 is 1.86 bits per heavy atom. The number of hydrogen-bond acceptors (Lipinski definition) is 4. The Bertz CT molecular complexity index is 565. The lowest BCUT2D eigenvalue weighted by molar-refractivity contribution is -0.142. The van der Waals surface area contributed by atoms with Crippen molar-refractivity contribution in [2.24, 2.45) is 0 Å². The smallest absolute Gasteiger partial charge is 0.412 e. The number of thioether (sulfide) groups is 1. The van der Waals surface area contributed by atoms with Crippen molar-refractivity contribution in [1.29, 1.82) is 0 Å². The first kappa shape index (κ1) is 16.7. The lowest BCUT2D eigenvalue weighted by Gasteiger charge is -2.30. The largest absolute Gasteiger partial charge is 0.480 e. The summed E-state index contributed by atoms with van der Waals surface area (Å²) in [6, 6.07) is 6.89. The molecule has 1 fully saturated rings. The average molecular weight is 323 g/mol. The van der Waals surface area contributed by atoms with Crippen molar-refractivity contribution in [3.05, 3.63) is 35.4 Å². The molecule has 2 atom stereocenters. The van der Waals surface area contributed by atoms with Crippen LogP contribution in [0.25, 0.3) is 0 Å². The van der Waals surface area contributed by atoms with Crippen LogP contribution in [-0.2, 0) is 9.53 Å². The molecule has 5 nitrogen and oxygen atoms in total. The second-order valence-corrected chi connectivity index (χ2v) is 7.45. The number of aryl methyl sites for hydroxylation is 1. The van der Waals surface area contributed by atoms with Gasteiger partial charge in [-0.3, -0.25) is 4.90 Å². The molecule has 1 N–H and O–H groups in total. The van der Waals surface area contributed by atoms with Crippen molar-refractivity contribution >= 4 is 23.8 Å². The Morgan fingerprint density at radius 3 is 2.36 bits per heavy atom. The number of carbonyl (C=O) groups excluding carboxylic acids is 1. The van der Waals surface area contributed by atoms with Crippen molar-refractivity contribution in [1.82, 2.24) is 4.90 Å². The van der Waals surface area contributed by atoms with Crippen LogP contribution >= 0.6 is 11.8 Å². The molecule has 0 spiro atoms. The fourth-order valence-corrected chi connectivity index (χ4v) is 3.63. The number of carbonyl (C=O) groups is 2. The van der Waals surface area contributed by atoms with Crippen LogP contribution in [0.2, 0.25) is 0 Å². The van der Waals surface area contributed by atoms with E-state index in [0.717, 1.165) is 11.1 Å². The molecule has 0 unspecified atom stereocenters. The summed E-state index contributed by atoms with van der Waals surface area (Å²) < 4.78 is 5.39. The van der Waals surface area contributed by atoms with Crippen molar-refractivity contribution in [3.8, 4) is 0 Å². The lowest BCUT2D eigenvalue weighted by atomic mass is 10.1. The quantitative estimate of drug-likeness (QED) is 0.903. The summed E-state index contributed by atoms with van der Waals surface area (Å²) in [5.74, 6) is -0.652. The third kappa shape index (κ3) is 3.74. The SMILES string of the molecule is Cc1ccc([C@H]2SC[C@@H](C(=O)O)N2C(=O)OC(C)(C)C)cc1. The van der Waals surface area contributed by atoms with Gasteiger partial charge in [-0.2, -0.15) is 0 Å². The normalized spacial score (nSPS) is 21.7. The summed E-state index contributed by atoms with van der Waals surface area (Å²) in [6.45, 7) is 7.29. The fourth-order valence-electron chi connectivity index (χ4n) is 2.22. The number of hydrogen-bond donors (Lipinski definition) is 1. The Kier molecular flexibility index (Phi) is 4.70. The monoisotopic (exact) mass is 323 g/mol. The van der Waals surface area contributed by atoms with Gasteiger partial charge in [0, 0.05) is 5.75 Å². The Labute approximate surface area is 134 Å². The molecule has 0 aromatic heterocycles. The maximum Gasteiger partial charge on any atom is 0.412 e. The van der Waals surface area contributed by atoms with Crippen LogP contribution < -0.4 is 0 Å². The van der Waals surface area contributed by atoms with Gasteiger partial charge in [-0.25, -0.2) is 9.59 Å². The first-order chi connectivity index (χ1) is 10.2. The van der Waals surface area contributed by atoms with Gasteiger partial charge in [0.05, 0.1) is 0 Å². The number of amides is 1. The molecule has 1 aromatic carbocycles. The minimum atomic E-state index is -1.01. The molecule has 22 heavy (non-hydrogen) atoms. The maximum atomic E-state index is 12.5. The summed E-state index contributed by atoms with van der Waals surface area (Å²) in [4.78, 5) is 25.2. The van der Waals surface area contributed by atoms with E-state index < -0.39 is 23.7 Å². The third-order valence-corrected chi connectivity index (χ3v) is 4.58. The number of carboxylic acid groups (broad SMARTS) is 1. The van der Waals surface area contributed by atoms with Gasteiger partial charge >= 0.3 is 12.1 Å². The summed E-state index contributed by atoms with van der Waals surface area (Å²) in [6.07, 6.45) is -0.588. The number of benzene rings is 1. The van der Waals surface area contributed by atoms with Crippen LogP contribution in [0.1, 0.15) is 37.3 Å². The van der Waals surface area contributed by atoms with Crippen LogP contribution in [0.4, 0.5) is 4.79 Å². The molecule has 1 aliphatic rings. The molecular formula is C16H21NO4S. The summed E-state index contributed by atoms with van der Waals surface area (Å²) >= 11 is 1.44. The molecule has 1 amide bonds. The van der Waals surface area contributed by atoms with Gasteiger partial charge in [-0.1, -0.05) is 29.8 Å². The number of ether oxygens (including phenoxy) is 1. The molecular weight excluding hydrogens is 302 g/mol. The van der Waals surface area contributed by atoms with Gasteiger partial charge in [0.1, 0.15) is 17.0 Å². The van der Waals surface area contributed by atoms with Crippen molar-refractivity contribution in [2.75, 3.05) is 5.75 Å². The standard InChI is InChI=1S/C16H21NO4S/c1-10-5-7-11(8-6-10)13-17(12(9-22-13)14(18)19)15(20)21-16(2,3)4/h5-8,12-13H,9H2,1-4H3,(H,18,19)/t12-,13+/m0/s1. The number of nitrogens with zero attached hydrogens (tertiary/aromatic N) is 1. The van der Waals surface area contributed by atoms with Gasteiger partial charge in [0.15, 0.2) is 0 Å². The molecule has 1 aromatic rings. The van der Waals surface area contributed by atoms with Crippen LogP contribution in [0.3, 0.4) is 0 Å². The highest BCUT2D eigenvalue weighted by atomic mass is 32.2. The van der Waals surface area contributed by atoms with Gasteiger partial charge < -0.3 is 9.84 Å². The third-order valence-electron chi connectivity index (χ3n) is 3.25. The van der Waals surface area contributed by atoms with Crippen LogP contribution in [-0.4, -0.2) is 39.5 Å². The van der Waals surface area contributed by atoms with Gasteiger partial charge in [0.25, 0.3) is 0 Å². The Hall–Kier alpha value is -1.69. The Morgan fingerprint density at radius 1 is 1.27 bits per heavy atom. The van der Waals surface area contributed by atoms with Gasteiger partial charge in [0.2, 0.25) is 0 Å². The number of rotatable bonds is 2. The van der Waals surface area contributed by atoms with Crippen molar-refractivity contribution in [3.63, 3.8) is 0 Å². The highest BCUT2D eigenvalue weighted by molar-refractivity contribution is 7.99. The molecule has 0 radical (unpaired) electrons. The number of aliphatic carboxylic acids is 1. The zero-order chi connectivity index (χ0) is 16.5. The predicted octanol–water partition coefficient (Wildman–Crippen LogP) is 3.43. The molecule has 2 rings (SSSR count). The average Bonchev–Trinajstić information content (AvgIpc) is 2.82. The second-order valence-electron chi connectivity index (χ2n) is 6.34. The first-order valence-corrected chi connectivity index (χ1v) is 8.16. The molecule has 0 bridgehead atoms. The topological polar surface area (TPSA) is 66.8 Å². The molecule has 6 heteroatoms. The minimum absolute atomic E-state index is 0.337. The van der Waals surface area contributed by atoms with E-state index in [1.807, 2.05) is 31.2 Å². The molecule has 0 aliphatic carbocycles. The van der Waals surface area contributed by atoms with E-state index in [9.17, 15) is 14.7 Å². The summed E-state index contributed by atoms with van der Waals surface area (Å²) in [5, 5.41) is 9.04. The second kappa shape index (κ2) is 6.20. The van der Waals surface area contributed by atoms with E-state index in [1.54, 1.807) is 20.8 Å². The molecule has 0 saturated carbocycles. The number of carboxylic acids is 1. The zero-order valence-corrected chi connectivity index (χ0v) is 14.0. The highest BCUT2D eigenvalue weighted by Gasteiger charge is 2.44. The predicted molar refractivity (Wildman–Crippen MR) is 85.9 cm³/mol. The van der Waals surface area contributed by atoms with Crippen LogP contribution in [0.15, 0.2) is 24.3 Å². The van der Waals surface area contributed by atoms with Crippen LogP contribution in [0.5, 0.6) is 0 Å². The Balaban J connectivity index is 2.30. The fraction of sp³-hybridized carbons (Fsp3) is 0.500. The van der Waals surface area contributed by atoms with E-state index in [-0.39, 0.29) is 5.37 Å². The van der Waals surface area contributed by atoms with Gasteiger partial charge in [-0.15, -0.1) is 11.8 Å². The van der Waals surface area contributed by atoms with E-state index in [4.69, 9.17) is 4.74 Å². The molecule has 1 aliphatic heterocycles. The van der Waals surface area contributed by atoms with Crippen molar-refractivity contribution < 1.29 is 19.4 Å². The first-order valence-electron chi connectivity index (χ1n) is 7.11. The van der Waals surface area contributed by atoms with E-state index in [0.29, 0.717) is 5.75 Å². The van der Waals surface area contributed by atoms with Crippen molar-refractivity contribution in [2.45, 2.75) is 44.7 Å². The summed E-state index contributed by atoms with van der Waals surface area (Å²) in [7, 11) is 0. The van der Waals surface area contributed by atoms with E-state index in [1.165, 1.54) is 16.7 Å². The molecule has 1 heterocycles. The van der Waals surface area contributed by atoms with Crippen LogP contribution in [0, 0.1) is 6.92 Å². The van der Waals surface area contributed by atoms with E-state index in [2.05, 4.69) is 0 Å². The molecule has 1 saturated heterocycles. The minimum Gasteiger partial charge on any atom is -0.480 e. The highest BCUT2D eigenvalue weighted by Crippen LogP contribution is 2.42. The zero-order valence-electron chi connectivity index (χ0n) is 13.2. The summed E-state index contributed by atoms with van der Waals surface area (Å²) in [5.41, 5.74) is 1.36. The maximum absolute atomic E-state index is 12.5. The van der Waals surface area contributed by atoms with E-state index >= 15 is 0 Å². The van der Waals surface area contributed by atoms with Gasteiger partial charge in [-0.05, 0) is 33.3 Å². The molecule has 120 valence electrons. The lowest BCUT2D eigenvalue weighted by Crippen LogP contribution is -2.45.